The lowest BCUT2D eigenvalue weighted by atomic mass is 9.91. The van der Waals surface area contributed by atoms with Gasteiger partial charge in [-0.15, -0.1) is 0 Å². The molecule has 0 spiro atoms. The fourth-order valence-corrected chi connectivity index (χ4v) is 4.42. The van der Waals surface area contributed by atoms with E-state index in [0.29, 0.717) is 12.0 Å². The summed E-state index contributed by atoms with van der Waals surface area (Å²) in [5.41, 5.74) is 6.08. The fraction of sp³-hybridized carbons (Fsp3) is 0.300. The molecular weight excluding hydrogens is 288 g/mol. The van der Waals surface area contributed by atoms with Crippen molar-refractivity contribution in [3.63, 3.8) is 0 Å². The first kappa shape index (κ1) is 13.1. The Hall–Kier alpha value is -2.42. The standard InChI is InChI=1S/C20H16O3/c21-18-16(19-14-5-1-2-6-15(14)20(22)23-19)10-12-9-8-11-4-3-7-13(11)17(12)18/h1-2,5-6,8-9,16,19H,3-4,7,10H2/t16-,19+/m1/s1. The summed E-state index contributed by atoms with van der Waals surface area (Å²) in [6, 6.07) is 11.7. The predicted molar refractivity (Wildman–Crippen MR) is 84.6 cm³/mol. The van der Waals surface area contributed by atoms with Crippen LogP contribution in [0.1, 0.15) is 55.5 Å². The van der Waals surface area contributed by atoms with Gasteiger partial charge in [0, 0.05) is 11.1 Å². The molecule has 2 aromatic rings. The molecule has 2 atom stereocenters. The molecule has 0 saturated carbocycles. The molecule has 0 aromatic heterocycles. The highest BCUT2D eigenvalue weighted by Crippen LogP contribution is 2.44. The average molecular weight is 304 g/mol. The lowest BCUT2D eigenvalue weighted by Gasteiger charge is -2.17. The van der Waals surface area contributed by atoms with Gasteiger partial charge >= 0.3 is 5.97 Å². The maximum Gasteiger partial charge on any atom is 0.339 e. The number of carbonyl (C=O) groups excluding carboxylic acids is 2. The van der Waals surface area contributed by atoms with Crippen LogP contribution in [-0.2, 0) is 24.0 Å². The minimum atomic E-state index is -0.435. The second-order valence-electron chi connectivity index (χ2n) is 6.68. The van der Waals surface area contributed by atoms with E-state index in [1.165, 1.54) is 11.1 Å². The van der Waals surface area contributed by atoms with Gasteiger partial charge in [0.05, 0.1) is 11.5 Å². The van der Waals surface area contributed by atoms with Gasteiger partial charge in [-0.2, -0.15) is 0 Å². The van der Waals surface area contributed by atoms with Crippen LogP contribution < -0.4 is 0 Å². The van der Waals surface area contributed by atoms with Crippen molar-refractivity contribution in [3.05, 3.63) is 69.8 Å². The molecule has 2 aliphatic carbocycles. The maximum atomic E-state index is 13.1. The lowest BCUT2D eigenvalue weighted by molar-refractivity contribution is 0.0252. The van der Waals surface area contributed by atoms with Gasteiger partial charge in [0.1, 0.15) is 6.10 Å². The van der Waals surface area contributed by atoms with Gasteiger partial charge in [0.15, 0.2) is 5.78 Å². The zero-order chi connectivity index (χ0) is 15.6. The number of ketones is 1. The number of ether oxygens (including phenoxy) is 1. The van der Waals surface area contributed by atoms with E-state index in [4.69, 9.17) is 4.74 Å². The largest absolute Gasteiger partial charge is 0.453 e. The number of rotatable bonds is 1. The second kappa shape index (κ2) is 4.54. The van der Waals surface area contributed by atoms with Crippen molar-refractivity contribution in [3.8, 4) is 0 Å². The van der Waals surface area contributed by atoms with Crippen molar-refractivity contribution in [2.75, 3.05) is 0 Å². The highest BCUT2D eigenvalue weighted by molar-refractivity contribution is 6.05. The first-order chi connectivity index (χ1) is 11.2. The molecule has 0 amide bonds. The minimum Gasteiger partial charge on any atom is -0.453 e. The van der Waals surface area contributed by atoms with Crippen LogP contribution in [0, 0.1) is 5.92 Å². The van der Waals surface area contributed by atoms with Crippen molar-refractivity contribution in [1.29, 1.82) is 0 Å². The third-order valence-electron chi connectivity index (χ3n) is 5.48. The SMILES string of the molecule is O=C1O[C@H]([C@@H]2Cc3ccc4c(c3C2=O)CCC4)c2ccccc21. The van der Waals surface area contributed by atoms with E-state index < -0.39 is 6.10 Å². The van der Waals surface area contributed by atoms with Gasteiger partial charge < -0.3 is 4.74 Å². The molecule has 0 saturated heterocycles. The van der Waals surface area contributed by atoms with Gasteiger partial charge in [-0.05, 0) is 48.4 Å². The summed E-state index contributed by atoms with van der Waals surface area (Å²) >= 11 is 0. The number of aryl methyl sites for hydroxylation is 1. The predicted octanol–water partition coefficient (Wildman–Crippen LogP) is 3.44. The smallest absolute Gasteiger partial charge is 0.339 e. The number of hydrogen-bond donors (Lipinski definition) is 0. The second-order valence-corrected chi connectivity index (χ2v) is 6.68. The molecule has 5 rings (SSSR count). The van der Waals surface area contributed by atoms with Crippen LogP contribution in [0.25, 0.3) is 0 Å². The lowest BCUT2D eigenvalue weighted by Crippen LogP contribution is -2.19. The van der Waals surface area contributed by atoms with Crippen LogP contribution >= 0.6 is 0 Å². The fourth-order valence-electron chi connectivity index (χ4n) is 4.42. The summed E-state index contributed by atoms with van der Waals surface area (Å²) in [6.07, 6.45) is 3.44. The Bertz CT molecular complexity index is 865. The quantitative estimate of drug-likeness (QED) is 0.758. The summed E-state index contributed by atoms with van der Waals surface area (Å²) in [5, 5.41) is 0. The van der Waals surface area contributed by atoms with Gasteiger partial charge in [-0.1, -0.05) is 30.3 Å². The molecular formula is C20H16O3. The topological polar surface area (TPSA) is 43.4 Å². The number of benzene rings is 2. The molecule has 1 aliphatic heterocycles. The first-order valence-corrected chi connectivity index (χ1v) is 8.22. The Morgan fingerprint density at radius 3 is 2.70 bits per heavy atom. The van der Waals surface area contributed by atoms with E-state index in [1.54, 1.807) is 6.07 Å². The van der Waals surface area contributed by atoms with Crippen LogP contribution in [-0.4, -0.2) is 11.8 Å². The summed E-state index contributed by atoms with van der Waals surface area (Å²) in [6.45, 7) is 0. The summed E-state index contributed by atoms with van der Waals surface area (Å²) in [7, 11) is 0. The highest BCUT2D eigenvalue weighted by Gasteiger charge is 2.45. The summed E-state index contributed by atoms with van der Waals surface area (Å²) in [5.74, 6) is -0.419. The van der Waals surface area contributed by atoms with E-state index in [9.17, 15) is 9.59 Å². The maximum absolute atomic E-state index is 13.1. The Kier molecular flexibility index (Phi) is 2.58. The molecule has 3 aliphatic rings. The first-order valence-electron chi connectivity index (χ1n) is 8.22. The Morgan fingerprint density at radius 1 is 0.957 bits per heavy atom. The van der Waals surface area contributed by atoms with E-state index in [-0.39, 0.29) is 17.7 Å². The Balaban J connectivity index is 1.58. The van der Waals surface area contributed by atoms with Crippen LogP contribution in [0.3, 0.4) is 0 Å². The minimum absolute atomic E-state index is 0.160. The molecule has 0 radical (unpaired) electrons. The van der Waals surface area contributed by atoms with E-state index >= 15 is 0 Å². The van der Waals surface area contributed by atoms with Crippen molar-refractivity contribution < 1.29 is 14.3 Å². The van der Waals surface area contributed by atoms with Crippen LogP contribution in [0.5, 0.6) is 0 Å². The zero-order valence-electron chi connectivity index (χ0n) is 12.7. The van der Waals surface area contributed by atoms with Gasteiger partial charge in [-0.25, -0.2) is 4.79 Å². The van der Waals surface area contributed by atoms with Crippen molar-refractivity contribution in [2.24, 2.45) is 5.92 Å². The Labute approximate surface area is 134 Å². The number of esters is 1. The molecule has 3 heteroatoms. The molecule has 3 nitrogen and oxygen atoms in total. The summed E-state index contributed by atoms with van der Waals surface area (Å²) in [4.78, 5) is 25.1. The van der Waals surface area contributed by atoms with E-state index in [1.807, 2.05) is 18.2 Å². The van der Waals surface area contributed by atoms with Gasteiger partial charge in [0.2, 0.25) is 0 Å². The van der Waals surface area contributed by atoms with Gasteiger partial charge in [0.25, 0.3) is 0 Å². The third kappa shape index (κ3) is 1.70. The molecule has 1 heterocycles. The van der Waals surface area contributed by atoms with Crippen LogP contribution in [0.15, 0.2) is 36.4 Å². The average Bonchev–Trinajstić information content (AvgIpc) is 3.24. The van der Waals surface area contributed by atoms with E-state index in [2.05, 4.69) is 12.1 Å². The number of carbonyl (C=O) groups is 2. The number of Topliss-reactive ketones (excluding diaryl/α,β-unsaturated/α-hetero) is 1. The molecule has 0 bridgehead atoms. The van der Waals surface area contributed by atoms with Crippen LogP contribution in [0.2, 0.25) is 0 Å². The normalized spacial score (nSPS) is 24.3. The van der Waals surface area contributed by atoms with Crippen molar-refractivity contribution in [2.45, 2.75) is 31.8 Å². The molecule has 0 N–H and O–H groups in total. The van der Waals surface area contributed by atoms with Crippen molar-refractivity contribution in [1.82, 2.24) is 0 Å². The molecule has 2 aromatic carbocycles. The van der Waals surface area contributed by atoms with Crippen LogP contribution in [0.4, 0.5) is 0 Å². The van der Waals surface area contributed by atoms with E-state index in [0.717, 1.165) is 36.0 Å². The third-order valence-corrected chi connectivity index (χ3v) is 5.48. The molecule has 23 heavy (non-hydrogen) atoms. The van der Waals surface area contributed by atoms with Crippen molar-refractivity contribution >= 4 is 11.8 Å². The number of cyclic esters (lactones) is 1. The monoisotopic (exact) mass is 304 g/mol. The molecule has 114 valence electrons. The molecule has 0 fully saturated rings. The summed E-state index contributed by atoms with van der Waals surface area (Å²) < 4.78 is 5.58. The Morgan fingerprint density at radius 2 is 1.78 bits per heavy atom. The highest BCUT2D eigenvalue weighted by atomic mass is 16.5. The zero-order valence-corrected chi connectivity index (χ0v) is 12.7. The molecule has 0 unspecified atom stereocenters. The number of hydrogen-bond acceptors (Lipinski definition) is 3. The van der Waals surface area contributed by atoms with Gasteiger partial charge in [-0.3, -0.25) is 4.79 Å². The number of fused-ring (bicyclic) bond motifs is 4.